The summed E-state index contributed by atoms with van der Waals surface area (Å²) in [5.74, 6) is 0.487. The van der Waals surface area contributed by atoms with Crippen LogP contribution in [0.4, 0.5) is 5.13 Å². The molecule has 5 heteroatoms. The highest BCUT2D eigenvalue weighted by Gasteiger charge is 2.18. The molecule has 0 aliphatic heterocycles. The largest absolute Gasteiger partial charge is 0.469 e. The molecular weight excluding hydrogens is 248 g/mol. The molecule has 0 aromatic carbocycles. The van der Waals surface area contributed by atoms with Gasteiger partial charge in [0.25, 0.3) is 5.91 Å². The molecule has 0 radical (unpaired) electrons. The van der Waals surface area contributed by atoms with Crippen LogP contribution in [0.3, 0.4) is 0 Å². The van der Waals surface area contributed by atoms with E-state index in [4.69, 9.17) is 4.42 Å². The molecule has 0 fully saturated rings. The average Bonchev–Trinajstić information content (AvgIpc) is 2.94. The van der Waals surface area contributed by atoms with Crippen LogP contribution in [-0.2, 0) is 12.8 Å². The zero-order valence-electron chi connectivity index (χ0n) is 10.2. The summed E-state index contributed by atoms with van der Waals surface area (Å²) in [5, 5.41) is 3.55. The fraction of sp³-hybridized carbons (Fsp3) is 0.385. The van der Waals surface area contributed by atoms with Gasteiger partial charge in [-0.05, 0) is 38.7 Å². The van der Waals surface area contributed by atoms with E-state index in [1.54, 1.807) is 24.3 Å². The van der Waals surface area contributed by atoms with Gasteiger partial charge in [0.05, 0.1) is 17.5 Å². The number of amides is 1. The van der Waals surface area contributed by atoms with Crippen LogP contribution < -0.4 is 5.32 Å². The van der Waals surface area contributed by atoms with Gasteiger partial charge in [0, 0.05) is 4.88 Å². The highest BCUT2D eigenvalue weighted by molar-refractivity contribution is 7.15. The number of thiazole rings is 1. The molecule has 3 rings (SSSR count). The predicted molar refractivity (Wildman–Crippen MR) is 70.2 cm³/mol. The molecule has 0 unspecified atom stereocenters. The molecule has 1 amide bonds. The van der Waals surface area contributed by atoms with E-state index in [-0.39, 0.29) is 5.91 Å². The summed E-state index contributed by atoms with van der Waals surface area (Å²) < 4.78 is 5.13. The van der Waals surface area contributed by atoms with Crippen molar-refractivity contribution in [3.05, 3.63) is 34.2 Å². The minimum Gasteiger partial charge on any atom is -0.469 e. The van der Waals surface area contributed by atoms with Crippen molar-refractivity contribution >= 4 is 22.4 Å². The zero-order chi connectivity index (χ0) is 12.5. The van der Waals surface area contributed by atoms with Crippen molar-refractivity contribution < 1.29 is 9.21 Å². The lowest BCUT2D eigenvalue weighted by Gasteiger charge is -2.06. The molecular formula is C13H14N2O2S. The maximum Gasteiger partial charge on any atom is 0.260 e. The van der Waals surface area contributed by atoms with Gasteiger partial charge in [-0.25, -0.2) is 4.98 Å². The van der Waals surface area contributed by atoms with Gasteiger partial charge in [-0.1, -0.05) is 0 Å². The lowest BCUT2D eigenvalue weighted by Crippen LogP contribution is -2.11. The van der Waals surface area contributed by atoms with E-state index >= 15 is 0 Å². The number of furan rings is 1. The molecule has 1 aliphatic rings. The summed E-state index contributed by atoms with van der Waals surface area (Å²) >= 11 is 1.59. The van der Waals surface area contributed by atoms with Crippen LogP contribution in [0, 0.1) is 6.92 Å². The maximum absolute atomic E-state index is 12.0. The summed E-state index contributed by atoms with van der Waals surface area (Å²) in [4.78, 5) is 17.8. The zero-order valence-corrected chi connectivity index (χ0v) is 11.0. The molecule has 2 heterocycles. The fourth-order valence-corrected chi connectivity index (χ4v) is 3.24. The van der Waals surface area contributed by atoms with Crippen LogP contribution in [0.2, 0.25) is 0 Å². The number of hydrogen-bond donors (Lipinski definition) is 1. The quantitative estimate of drug-likeness (QED) is 0.904. The van der Waals surface area contributed by atoms with E-state index in [2.05, 4.69) is 10.3 Å². The molecule has 94 valence electrons. The summed E-state index contributed by atoms with van der Waals surface area (Å²) in [6.07, 6.45) is 6.07. The van der Waals surface area contributed by atoms with Crippen LogP contribution in [0.25, 0.3) is 0 Å². The van der Waals surface area contributed by atoms with Gasteiger partial charge in [-0.2, -0.15) is 0 Å². The van der Waals surface area contributed by atoms with Crippen LogP contribution in [-0.4, -0.2) is 10.9 Å². The van der Waals surface area contributed by atoms with E-state index in [0.29, 0.717) is 16.5 Å². The number of nitrogens with zero attached hydrogens (tertiary/aromatic N) is 1. The molecule has 0 saturated heterocycles. The maximum atomic E-state index is 12.0. The van der Waals surface area contributed by atoms with Gasteiger partial charge < -0.3 is 4.42 Å². The first-order chi connectivity index (χ1) is 8.74. The van der Waals surface area contributed by atoms with Crippen LogP contribution >= 0.6 is 11.3 Å². The van der Waals surface area contributed by atoms with Gasteiger partial charge in [0.2, 0.25) is 0 Å². The smallest absolute Gasteiger partial charge is 0.260 e. The van der Waals surface area contributed by atoms with Crippen molar-refractivity contribution in [2.75, 3.05) is 5.32 Å². The first kappa shape index (κ1) is 11.5. The van der Waals surface area contributed by atoms with Crippen LogP contribution in [0.1, 0.15) is 39.5 Å². The van der Waals surface area contributed by atoms with Crippen molar-refractivity contribution in [3.8, 4) is 0 Å². The normalized spacial score (nSPS) is 14.3. The summed E-state index contributed by atoms with van der Waals surface area (Å²) in [6.45, 7) is 1.78. The van der Waals surface area contributed by atoms with E-state index in [1.807, 2.05) is 0 Å². The van der Waals surface area contributed by atoms with Gasteiger partial charge in [-0.3, -0.25) is 10.1 Å². The molecule has 0 saturated carbocycles. The molecule has 0 bridgehead atoms. The molecule has 2 aromatic heterocycles. The van der Waals surface area contributed by atoms with Crippen molar-refractivity contribution in [2.24, 2.45) is 0 Å². The number of nitrogens with one attached hydrogen (secondary N) is 1. The molecule has 1 N–H and O–H groups in total. The summed E-state index contributed by atoms with van der Waals surface area (Å²) in [6, 6.07) is 1.68. The first-order valence-electron chi connectivity index (χ1n) is 6.08. The first-order valence-corrected chi connectivity index (χ1v) is 6.90. The Balaban J connectivity index is 1.79. The lowest BCUT2D eigenvalue weighted by molar-refractivity contribution is 0.102. The minimum absolute atomic E-state index is 0.146. The molecule has 4 nitrogen and oxygen atoms in total. The Kier molecular flexibility index (Phi) is 2.91. The third-order valence-corrected chi connectivity index (χ3v) is 4.24. The van der Waals surface area contributed by atoms with E-state index < -0.39 is 0 Å². The third-order valence-electron chi connectivity index (χ3n) is 3.17. The summed E-state index contributed by atoms with van der Waals surface area (Å²) in [7, 11) is 0. The second-order valence-electron chi connectivity index (χ2n) is 4.44. The second kappa shape index (κ2) is 4.57. The van der Waals surface area contributed by atoms with Crippen LogP contribution in [0.15, 0.2) is 16.7 Å². The number of anilines is 1. The Morgan fingerprint density at radius 3 is 3.00 bits per heavy atom. The van der Waals surface area contributed by atoms with Crippen molar-refractivity contribution in [3.63, 3.8) is 0 Å². The number of aryl methyl sites for hydroxylation is 3. The van der Waals surface area contributed by atoms with Crippen molar-refractivity contribution in [1.29, 1.82) is 0 Å². The SMILES string of the molecule is Cc1occc1C(=O)Nc1nc2c(s1)CCCC2. The average molecular weight is 262 g/mol. The van der Waals surface area contributed by atoms with Crippen LogP contribution in [0.5, 0.6) is 0 Å². The molecule has 18 heavy (non-hydrogen) atoms. The highest BCUT2D eigenvalue weighted by atomic mass is 32.1. The standard InChI is InChI=1S/C13H14N2O2S/c1-8-9(6-7-17-8)12(16)15-13-14-10-4-2-3-5-11(10)18-13/h6-7H,2-5H2,1H3,(H,14,15,16). The van der Waals surface area contributed by atoms with Gasteiger partial charge in [0.15, 0.2) is 5.13 Å². The number of aromatic nitrogens is 1. The minimum atomic E-state index is -0.146. The topological polar surface area (TPSA) is 55.1 Å². The monoisotopic (exact) mass is 262 g/mol. The Morgan fingerprint density at radius 2 is 2.28 bits per heavy atom. The molecule has 1 aliphatic carbocycles. The number of hydrogen-bond acceptors (Lipinski definition) is 4. The van der Waals surface area contributed by atoms with Crippen molar-refractivity contribution in [2.45, 2.75) is 32.6 Å². The van der Waals surface area contributed by atoms with Gasteiger partial charge >= 0.3 is 0 Å². The highest BCUT2D eigenvalue weighted by Crippen LogP contribution is 2.29. The lowest BCUT2D eigenvalue weighted by atomic mass is 10.0. The van der Waals surface area contributed by atoms with E-state index in [1.165, 1.54) is 24.0 Å². The number of fused-ring (bicyclic) bond motifs is 1. The Hall–Kier alpha value is -1.62. The Bertz CT molecular complexity index is 562. The number of carbonyl (C=O) groups excluding carboxylic acids is 1. The fourth-order valence-electron chi connectivity index (χ4n) is 2.19. The molecule has 0 spiro atoms. The van der Waals surface area contributed by atoms with Gasteiger partial charge in [0.1, 0.15) is 5.76 Å². The van der Waals surface area contributed by atoms with Gasteiger partial charge in [-0.15, -0.1) is 11.3 Å². The predicted octanol–water partition coefficient (Wildman–Crippen LogP) is 3.18. The third kappa shape index (κ3) is 2.06. The Labute approximate surface area is 109 Å². The van der Waals surface area contributed by atoms with E-state index in [0.717, 1.165) is 18.5 Å². The summed E-state index contributed by atoms with van der Waals surface area (Å²) in [5.41, 5.74) is 1.73. The number of carbonyl (C=O) groups is 1. The molecule has 0 atom stereocenters. The van der Waals surface area contributed by atoms with Crippen molar-refractivity contribution in [1.82, 2.24) is 4.98 Å². The van der Waals surface area contributed by atoms with E-state index in [9.17, 15) is 4.79 Å². The Morgan fingerprint density at radius 1 is 1.44 bits per heavy atom. The molecule has 2 aromatic rings. The number of rotatable bonds is 2. The second-order valence-corrected chi connectivity index (χ2v) is 5.52.